The van der Waals surface area contributed by atoms with Gasteiger partial charge in [-0.2, -0.15) is 0 Å². The van der Waals surface area contributed by atoms with Gasteiger partial charge in [0.05, 0.1) is 24.5 Å². The fourth-order valence-corrected chi connectivity index (χ4v) is 2.56. The number of aromatic nitrogens is 1. The molecular weight excluding hydrogens is 298 g/mol. The molecule has 0 unspecified atom stereocenters. The Morgan fingerprint density at radius 1 is 0.875 bits per heavy atom. The van der Waals surface area contributed by atoms with Crippen LogP contribution in [0.5, 0.6) is 0 Å². The van der Waals surface area contributed by atoms with E-state index in [9.17, 15) is 4.79 Å². The first-order valence-electron chi connectivity index (χ1n) is 7.86. The minimum atomic E-state index is -0.0973. The summed E-state index contributed by atoms with van der Waals surface area (Å²) >= 11 is 0. The molecule has 0 aliphatic carbocycles. The number of rotatable bonds is 6. The van der Waals surface area contributed by atoms with Crippen LogP contribution in [0.4, 0.5) is 5.69 Å². The zero-order valence-corrected chi connectivity index (χ0v) is 13.2. The van der Waals surface area contributed by atoms with Crippen LogP contribution in [-0.4, -0.2) is 17.4 Å². The Morgan fingerprint density at radius 3 is 2.04 bits per heavy atom. The van der Waals surface area contributed by atoms with Crippen molar-refractivity contribution in [1.82, 2.24) is 10.3 Å². The standard InChI is InChI=1S/C20H19N3O/c24-19(23-18-12-7-13-21-14-18)15-22-20(16-8-3-1-4-9-16)17-10-5-2-6-11-17/h1-14,20,22H,15H2,(H,23,24). The van der Waals surface area contributed by atoms with Gasteiger partial charge in [0.25, 0.3) is 0 Å². The molecule has 0 saturated carbocycles. The third kappa shape index (κ3) is 4.27. The minimum Gasteiger partial charge on any atom is -0.324 e. The van der Waals surface area contributed by atoms with Crippen molar-refractivity contribution in [1.29, 1.82) is 0 Å². The summed E-state index contributed by atoms with van der Waals surface area (Å²) in [5.41, 5.74) is 2.94. The van der Waals surface area contributed by atoms with Crippen molar-refractivity contribution >= 4 is 11.6 Å². The molecule has 1 amide bonds. The molecule has 0 saturated heterocycles. The number of hydrogen-bond donors (Lipinski definition) is 2. The first-order chi connectivity index (χ1) is 11.8. The number of carbonyl (C=O) groups is 1. The van der Waals surface area contributed by atoms with Crippen LogP contribution in [0.2, 0.25) is 0 Å². The van der Waals surface area contributed by atoms with E-state index in [-0.39, 0.29) is 18.5 Å². The monoisotopic (exact) mass is 317 g/mol. The Labute approximate surface area is 141 Å². The molecule has 0 spiro atoms. The summed E-state index contributed by atoms with van der Waals surface area (Å²) in [6.07, 6.45) is 3.30. The van der Waals surface area contributed by atoms with Crippen molar-refractivity contribution in [2.75, 3.05) is 11.9 Å². The van der Waals surface area contributed by atoms with Crippen LogP contribution in [0.25, 0.3) is 0 Å². The van der Waals surface area contributed by atoms with Crippen molar-refractivity contribution in [3.05, 3.63) is 96.3 Å². The second-order valence-electron chi connectivity index (χ2n) is 5.43. The molecule has 0 bridgehead atoms. The predicted molar refractivity (Wildman–Crippen MR) is 95.6 cm³/mol. The SMILES string of the molecule is O=C(CNC(c1ccccc1)c1ccccc1)Nc1cccnc1. The molecule has 2 N–H and O–H groups in total. The van der Waals surface area contributed by atoms with E-state index >= 15 is 0 Å². The molecule has 4 heteroatoms. The Balaban J connectivity index is 1.70. The first kappa shape index (κ1) is 15.9. The van der Waals surface area contributed by atoms with Crippen molar-refractivity contribution in [2.45, 2.75) is 6.04 Å². The average molecular weight is 317 g/mol. The van der Waals surface area contributed by atoms with Gasteiger partial charge in [0.1, 0.15) is 0 Å². The summed E-state index contributed by atoms with van der Waals surface area (Å²) in [6.45, 7) is 0.212. The molecule has 3 rings (SSSR count). The van der Waals surface area contributed by atoms with Crippen LogP contribution in [0.3, 0.4) is 0 Å². The molecule has 1 aromatic heterocycles. The Hall–Kier alpha value is -2.98. The Morgan fingerprint density at radius 2 is 1.50 bits per heavy atom. The third-order valence-corrected chi connectivity index (χ3v) is 3.68. The highest BCUT2D eigenvalue weighted by atomic mass is 16.1. The molecule has 4 nitrogen and oxygen atoms in total. The van der Waals surface area contributed by atoms with Gasteiger partial charge in [-0.25, -0.2) is 0 Å². The van der Waals surface area contributed by atoms with E-state index in [4.69, 9.17) is 0 Å². The zero-order chi connectivity index (χ0) is 16.6. The summed E-state index contributed by atoms with van der Waals surface area (Å²) in [6, 6.07) is 23.8. The Bertz CT molecular complexity index is 721. The Kier molecular flexibility index (Phi) is 5.32. The highest BCUT2D eigenvalue weighted by molar-refractivity contribution is 5.92. The van der Waals surface area contributed by atoms with E-state index in [0.717, 1.165) is 11.1 Å². The van der Waals surface area contributed by atoms with Gasteiger partial charge in [0, 0.05) is 6.20 Å². The van der Waals surface area contributed by atoms with E-state index in [1.165, 1.54) is 0 Å². The average Bonchev–Trinajstić information content (AvgIpc) is 2.64. The number of benzene rings is 2. The summed E-state index contributed by atoms with van der Waals surface area (Å²) < 4.78 is 0. The lowest BCUT2D eigenvalue weighted by Crippen LogP contribution is -2.31. The number of nitrogens with one attached hydrogen (secondary N) is 2. The topological polar surface area (TPSA) is 54.0 Å². The van der Waals surface area contributed by atoms with Gasteiger partial charge < -0.3 is 5.32 Å². The summed E-state index contributed by atoms with van der Waals surface area (Å²) in [5, 5.41) is 6.18. The number of carbonyl (C=O) groups excluding carboxylic acids is 1. The smallest absolute Gasteiger partial charge is 0.238 e. The van der Waals surface area contributed by atoms with Crippen molar-refractivity contribution in [3.63, 3.8) is 0 Å². The molecule has 3 aromatic rings. The fraction of sp³-hybridized carbons (Fsp3) is 0.100. The molecular formula is C20H19N3O. The maximum Gasteiger partial charge on any atom is 0.238 e. The molecule has 1 heterocycles. The number of anilines is 1. The van der Waals surface area contributed by atoms with Gasteiger partial charge >= 0.3 is 0 Å². The van der Waals surface area contributed by atoms with E-state index < -0.39 is 0 Å². The zero-order valence-electron chi connectivity index (χ0n) is 13.2. The van der Waals surface area contributed by atoms with Crippen LogP contribution in [-0.2, 0) is 4.79 Å². The first-order valence-corrected chi connectivity index (χ1v) is 7.86. The van der Waals surface area contributed by atoms with Gasteiger partial charge in [-0.3, -0.25) is 15.1 Å². The fourth-order valence-electron chi connectivity index (χ4n) is 2.56. The van der Waals surface area contributed by atoms with Crippen LogP contribution in [0.1, 0.15) is 17.2 Å². The summed E-state index contributed by atoms with van der Waals surface area (Å²) in [5.74, 6) is -0.0973. The van der Waals surface area contributed by atoms with Gasteiger partial charge in [-0.1, -0.05) is 60.7 Å². The maximum atomic E-state index is 12.2. The largest absolute Gasteiger partial charge is 0.324 e. The van der Waals surface area contributed by atoms with Crippen molar-refractivity contribution < 1.29 is 4.79 Å². The molecule has 0 fully saturated rings. The number of amides is 1. The van der Waals surface area contributed by atoms with E-state index in [1.807, 2.05) is 42.5 Å². The second kappa shape index (κ2) is 8.04. The van der Waals surface area contributed by atoms with Crippen LogP contribution >= 0.6 is 0 Å². The molecule has 0 atom stereocenters. The quantitative estimate of drug-likeness (QED) is 0.732. The molecule has 0 aliphatic heterocycles. The second-order valence-corrected chi connectivity index (χ2v) is 5.43. The maximum absolute atomic E-state index is 12.2. The van der Waals surface area contributed by atoms with Gasteiger partial charge in [-0.15, -0.1) is 0 Å². The molecule has 2 aromatic carbocycles. The lowest BCUT2D eigenvalue weighted by Gasteiger charge is -2.19. The molecule has 24 heavy (non-hydrogen) atoms. The van der Waals surface area contributed by atoms with Crippen LogP contribution in [0.15, 0.2) is 85.2 Å². The lowest BCUT2D eigenvalue weighted by molar-refractivity contribution is -0.115. The lowest BCUT2D eigenvalue weighted by atomic mass is 9.99. The molecule has 120 valence electrons. The molecule has 0 aliphatic rings. The van der Waals surface area contributed by atoms with Crippen LogP contribution in [0, 0.1) is 0 Å². The number of nitrogens with zero attached hydrogens (tertiary/aromatic N) is 1. The van der Waals surface area contributed by atoms with Gasteiger partial charge in [0.2, 0.25) is 5.91 Å². The normalized spacial score (nSPS) is 10.5. The third-order valence-electron chi connectivity index (χ3n) is 3.68. The summed E-state index contributed by atoms with van der Waals surface area (Å²) in [4.78, 5) is 16.2. The van der Waals surface area contributed by atoms with E-state index in [1.54, 1.807) is 18.5 Å². The highest BCUT2D eigenvalue weighted by Gasteiger charge is 2.14. The highest BCUT2D eigenvalue weighted by Crippen LogP contribution is 2.21. The van der Waals surface area contributed by atoms with E-state index in [2.05, 4.69) is 39.9 Å². The van der Waals surface area contributed by atoms with Crippen molar-refractivity contribution in [3.8, 4) is 0 Å². The number of pyridine rings is 1. The van der Waals surface area contributed by atoms with Crippen LogP contribution < -0.4 is 10.6 Å². The van der Waals surface area contributed by atoms with Crippen molar-refractivity contribution in [2.24, 2.45) is 0 Å². The molecule has 0 radical (unpaired) electrons. The van der Waals surface area contributed by atoms with Gasteiger partial charge in [0.15, 0.2) is 0 Å². The number of hydrogen-bond acceptors (Lipinski definition) is 3. The summed E-state index contributed by atoms with van der Waals surface area (Å²) in [7, 11) is 0. The van der Waals surface area contributed by atoms with Gasteiger partial charge in [-0.05, 0) is 23.3 Å². The minimum absolute atomic E-state index is 0.0351. The van der Waals surface area contributed by atoms with E-state index in [0.29, 0.717) is 5.69 Å². The predicted octanol–water partition coefficient (Wildman–Crippen LogP) is 3.40.